The number of allylic oxidation sites excluding steroid dienone is 2. The molecule has 5 rings (SSSR count). The molecule has 14 unspecified atom stereocenters. The smallest absolute Gasteiger partial charge is 0.00309 e. The Bertz CT molecular complexity index is 949. The normalized spacial score (nSPS) is 52.6. The topological polar surface area (TPSA) is 0 Å². The van der Waals surface area contributed by atoms with E-state index in [4.69, 9.17) is 0 Å². The minimum absolute atomic E-state index is 0.296. The van der Waals surface area contributed by atoms with Gasteiger partial charge in [-0.25, -0.2) is 0 Å². The Hall–Kier alpha value is -0.260. The van der Waals surface area contributed by atoms with Crippen molar-refractivity contribution < 1.29 is 0 Å². The lowest BCUT2D eigenvalue weighted by molar-refractivity contribution is -0.188. The van der Waals surface area contributed by atoms with Crippen LogP contribution in [-0.4, -0.2) is 0 Å². The van der Waals surface area contributed by atoms with Crippen molar-refractivity contribution in [2.75, 3.05) is 0 Å². The van der Waals surface area contributed by atoms with Gasteiger partial charge in [-0.15, -0.1) is 0 Å². The number of hydrogen-bond donors (Lipinski definition) is 0. The predicted octanol–water partition coefficient (Wildman–Crippen LogP) is 12.1. The first-order chi connectivity index (χ1) is 18.6. The van der Waals surface area contributed by atoms with Crippen LogP contribution in [0.5, 0.6) is 0 Å². The molecule has 40 heavy (non-hydrogen) atoms. The standard InChI is InChI=1S/C40H70/c1-23(2)34-27(6)22-38(11)33(21-26(5)32-17-15-14-16-18-32)39(12)29(8)36-25(4)20-19-24(3)35(36)28(7)37(39)31(10)40(38,13)30(34)9/h23-30,32-36H,14-22H2,1-13H3. The van der Waals surface area contributed by atoms with Crippen molar-refractivity contribution in [2.24, 2.45) is 93.2 Å². The maximum Gasteiger partial charge on any atom is -0.00309 e. The first-order valence-electron chi connectivity index (χ1n) is 18.4. The van der Waals surface area contributed by atoms with Crippen molar-refractivity contribution in [1.82, 2.24) is 0 Å². The number of fused-ring (bicyclic) bond motifs is 3. The van der Waals surface area contributed by atoms with Gasteiger partial charge in [-0.1, -0.05) is 139 Å². The fraction of sp³-hybridized carbons (Fsp3) is 0.950. The van der Waals surface area contributed by atoms with E-state index in [2.05, 4.69) is 90.0 Å². The van der Waals surface area contributed by atoms with Crippen LogP contribution in [0.1, 0.15) is 148 Å². The third-order valence-corrected chi connectivity index (χ3v) is 16.6. The highest BCUT2D eigenvalue weighted by atomic mass is 14.7. The fourth-order valence-electron chi connectivity index (χ4n) is 14.5. The first kappa shape index (κ1) is 31.2. The van der Waals surface area contributed by atoms with E-state index in [9.17, 15) is 0 Å². The van der Waals surface area contributed by atoms with E-state index >= 15 is 0 Å². The highest BCUT2D eigenvalue weighted by Crippen LogP contribution is 2.77. The minimum atomic E-state index is 0.296. The minimum Gasteiger partial charge on any atom is -0.0665 e. The van der Waals surface area contributed by atoms with Crippen LogP contribution in [0.3, 0.4) is 0 Å². The van der Waals surface area contributed by atoms with Gasteiger partial charge >= 0.3 is 0 Å². The lowest BCUT2D eigenvalue weighted by Gasteiger charge is -2.73. The predicted molar refractivity (Wildman–Crippen MR) is 175 cm³/mol. The van der Waals surface area contributed by atoms with Crippen molar-refractivity contribution in [3.63, 3.8) is 0 Å². The first-order valence-corrected chi connectivity index (χ1v) is 18.4. The van der Waals surface area contributed by atoms with Gasteiger partial charge in [-0.05, 0) is 113 Å². The molecule has 14 atom stereocenters. The zero-order valence-corrected chi connectivity index (χ0v) is 29.4. The molecule has 0 aliphatic heterocycles. The summed E-state index contributed by atoms with van der Waals surface area (Å²) >= 11 is 0. The van der Waals surface area contributed by atoms with Crippen LogP contribution in [0.2, 0.25) is 0 Å². The van der Waals surface area contributed by atoms with Gasteiger partial charge in [0, 0.05) is 0 Å². The molecule has 0 bridgehead atoms. The molecule has 0 spiro atoms. The summed E-state index contributed by atoms with van der Waals surface area (Å²) in [5, 5.41) is 0. The van der Waals surface area contributed by atoms with Crippen LogP contribution >= 0.6 is 0 Å². The van der Waals surface area contributed by atoms with Gasteiger partial charge in [0.25, 0.3) is 0 Å². The summed E-state index contributed by atoms with van der Waals surface area (Å²) in [5.74, 6) is 10.8. The molecule has 0 heteroatoms. The average Bonchev–Trinajstić information content (AvgIpc) is 2.89. The van der Waals surface area contributed by atoms with Gasteiger partial charge in [0.05, 0.1) is 0 Å². The molecule has 4 saturated carbocycles. The lowest BCUT2D eigenvalue weighted by Crippen LogP contribution is -2.67. The second-order valence-corrected chi connectivity index (χ2v) is 18.2. The summed E-state index contributed by atoms with van der Waals surface area (Å²) in [6.45, 7) is 35.0. The molecule has 0 amide bonds. The van der Waals surface area contributed by atoms with E-state index in [1.165, 1.54) is 57.8 Å². The van der Waals surface area contributed by atoms with E-state index < -0.39 is 0 Å². The highest BCUT2D eigenvalue weighted by Gasteiger charge is 2.70. The number of hydrogen-bond acceptors (Lipinski definition) is 0. The van der Waals surface area contributed by atoms with Crippen molar-refractivity contribution >= 4 is 0 Å². The van der Waals surface area contributed by atoms with Crippen molar-refractivity contribution in [3.05, 3.63) is 11.1 Å². The molecule has 0 nitrogen and oxygen atoms in total. The van der Waals surface area contributed by atoms with E-state index in [0.717, 1.165) is 76.9 Å². The Morgan fingerprint density at radius 1 is 0.725 bits per heavy atom. The Labute approximate surface area is 251 Å². The summed E-state index contributed by atoms with van der Waals surface area (Å²) in [6.07, 6.45) is 13.2. The summed E-state index contributed by atoms with van der Waals surface area (Å²) < 4.78 is 0. The van der Waals surface area contributed by atoms with Crippen LogP contribution in [-0.2, 0) is 0 Å². The molecule has 0 saturated heterocycles. The van der Waals surface area contributed by atoms with Crippen LogP contribution in [0.4, 0.5) is 0 Å². The maximum atomic E-state index is 2.85. The third kappa shape index (κ3) is 4.15. The van der Waals surface area contributed by atoms with E-state index in [-0.39, 0.29) is 0 Å². The van der Waals surface area contributed by atoms with Crippen LogP contribution in [0, 0.1) is 93.2 Å². The molecule has 4 fully saturated rings. The van der Waals surface area contributed by atoms with Crippen molar-refractivity contribution in [3.8, 4) is 0 Å². The van der Waals surface area contributed by atoms with Crippen molar-refractivity contribution in [2.45, 2.75) is 148 Å². The molecule has 0 aromatic carbocycles. The monoisotopic (exact) mass is 551 g/mol. The van der Waals surface area contributed by atoms with Crippen LogP contribution in [0.15, 0.2) is 11.1 Å². The zero-order chi connectivity index (χ0) is 29.5. The van der Waals surface area contributed by atoms with Crippen molar-refractivity contribution in [1.29, 1.82) is 0 Å². The molecular formula is C40H70. The van der Waals surface area contributed by atoms with Gasteiger partial charge in [-0.3, -0.25) is 0 Å². The molecule has 0 radical (unpaired) electrons. The summed E-state index contributed by atoms with van der Waals surface area (Å²) in [7, 11) is 0. The molecule has 0 heterocycles. The molecule has 5 aliphatic carbocycles. The van der Waals surface area contributed by atoms with E-state index in [1.807, 2.05) is 11.1 Å². The second kappa shape index (κ2) is 10.7. The van der Waals surface area contributed by atoms with Crippen LogP contribution < -0.4 is 0 Å². The van der Waals surface area contributed by atoms with Gasteiger partial charge in [0.2, 0.25) is 0 Å². The van der Waals surface area contributed by atoms with E-state index in [0.29, 0.717) is 16.2 Å². The SMILES string of the molecule is CC1=C2C(C)C3C(C)CCC(C)C3C(C)C2(C)C(CC(C)C2CCCCC2)C2(C)CC(C)C(C(C)C)C(C)C12C. The van der Waals surface area contributed by atoms with Gasteiger partial charge in [0.15, 0.2) is 0 Å². The zero-order valence-electron chi connectivity index (χ0n) is 29.4. The molecule has 0 aromatic heterocycles. The summed E-state index contributed by atoms with van der Waals surface area (Å²) in [4.78, 5) is 0. The molecular weight excluding hydrogens is 480 g/mol. The molecule has 5 aliphatic rings. The Balaban J connectivity index is 1.72. The number of rotatable bonds is 4. The average molecular weight is 551 g/mol. The van der Waals surface area contributed by atoms with Crippen LogP contribution in [0.25, 0.3) is 0 Å². The highest BCUT2D eigenvalue weighted by molar-refractivity contribution is 5.41. The Morgan fingerprint density at radius 3 is 1.88 bits per heavy atom. The largest absolute Gasteiger partial charge is 0.0665 e. The van der Waals surface area contributed by atoms with Gasteiger partial charge < -0.3 is 0 Å². The Morgan fingerprint density at radius 2 is 1.30 bits per heavy atom. The molecule has 230 valence electrons. The summed E-state index contributed by atoms with van der Waals surface area (Å²) in [5.41, 5.74) is 4.84. The third-order valence-electron chi connectivity index (χ3n) is 16.6. The van der Waals surface area contributed by atoms with E-state index in [1.54, 1.807) is 0 Å². The quantitative estimate of drug-likeness (QED) is 0.305. The molecule has 0 aromatic rings. The molecule has 0 N–H and O–H groups in total. The summed E-state index contributed by atoms with van der Waals surface area (Å²) in [6, 6.07) is 0. The Kier molecular flexibility index (Phi) is 8.36. The second-order valence-electron chi connectivity index (χ2n) is 18.2. The van der Waals surface area contributed by atoms with Gasteiger partial charge in [0.1, 0.15) is 0 Å². The van der Waals surface area contributed by atoms with Gasteiger partial charge in [-0.2, -0.15) is 0 Å². The maximum absolute atomic E-state index is 2.85. The lowest BCUT2D eigenvalue weighted by atomic mass is 9.31. The fourth-order valence-corrected chi connectivity index (χ4v) is 14.5.